The summed E-state index contributed by atoms with van der Waals surface area (Å²) in [5.74, 6) is 0. The molecule has 1 amide bonds. The lowest BCUT2D eigenvalue weighted by Gasteiger charge is -2.04. The molecule has 0 radical (unpaired) electrons. The Morgan fingerprint density at radius 3 is 2.55 bits per heavy atom. The number of benzene rings is 1. The third-order valence-electron chi connectivity index (χ3n) is 2.64. The Hall–Kier alpha value is -2.90. The van der Waals surface area contributed by atoms with E-state index >= 15 is 0 Å². The molecule has 8 heteroatoms. The lowest BCUT2D eigenvalue weighted by atomic mass is 10.1. The van der Waals surface area contributed by atoms with Gasteiger partial charge in [-0.2, -0.15) is 5.10 Å². The number of nitro groups is 1. The van der Waals surface area contributed by atoms with Crippen molar-refractivity contribution in [3.63, 3.8) is 0 Å². The summed E-state index contributed by atoms with van der Waals surface area (Å²) >= 11 is 0. The number of rotatable bonds is 5. The second-order valence-corrected chi connectivity index (χ2v) is 4.13. The van der Waals surface area contributed by atoms with Gasteiger partial charge in [0.2, 0.25) is 0 Å². The molecule has 0 spiro atoms. The van der Waals surface area contributed by atoms with Crippen LogP contribution in [0.25, 0.3) is 0 Å². The molecule has 0 saturated carbocycles. The van der Waals surface area contributed by atoms with E-state index in [1.807, 2.05) is 12.1 Å². The molecule has 1 aromatic carbocycles. The summed E-state index contributed by atoms with van der Waals surface area (Å²) in [6, 6.07) is 7.24. The number of nitrogens with zero attached hydrogens (tertiary/aromatic N) is 3. The van der Waals surface area contributed by atoms with Crippen molar-refractivity contribution < 1.29 is 14.8 Å². The standard InChI is InChI=1S/C12H12N4O4/c17-12(18)13-5-9-1-3-10(4-2-9)7-15-8-11(6-14-15)16(19)20/h1-4,6,8,13H,5,7H2,(H,17,18). The van der Waals surface area contributed by atoms with Gasteiger partial charge >= 0.3 is 11.8 Å². The highest BCUT2D eigenvalue weighted by molar-refractivity contribution is 5.64. The molecule has 0 atom stereocenters. The van der Waals surface area contributed by atoms with E-state index in [4.69, 9.17) is 5.11 Å². The summed E-state index contributed by atoms with van der Waals surface area (Å²) < 4.78 is 1.47. The second-order valence-electron chi connectivity index (χ2n) is 4.13. The lowest BCUT2D eigenvalue weighted by Crippen LogP contribution is -2.19. The van der Waals surface area contributed by atoms with E-state index in [2.05, 4.69) is 10.4 Å². The summed E-state index contributed by atoms with van der Waals surface area (Å²) in [6.07, 6.45) is 1.49. The highest BCUT2D eigenvalue weighted by Gasteiger charge is 2.08. The van der Waals surface area contributed by atoms with Gasteiger partial charge in [-0.15, -0.1) is 0 Å². The molecule has 20 heavy (non-hydrogen) atoms. The van der Waals surface area contributed by atoms with Crippen LogP contribution in [0.2, 0.25) is 0 Å². The van der Waals surface area contributed by atoms with Crippen molar-refractivity contribution in [2.45, 2.75) is 13.1 Å². The van der Waals surface area contributed by atoms with E-state index in [1.54, 1.807) is 12.1 Å². The Morgan fingerprint density at radius 2 is 2.00 bits per heavy atom. The summed E-state index contributed by atoms with van der Waals surface area (Å²) in [7, 11) is 0. The Bertz CT molecular complexity index is 621. The molecule has 2 rings (SSSR count). The van der Waals surface area contributed by atoms with Gasteiger partial charge in [-0.05, 0) is 11.1 Å². The van der Waals surface area contributed by atoms with Gasteiger partial charge in [-0.25, -0.2) is 4.79 Å². The summed E-state index contributed by atoms with van der Waals surface area (Å²) in [4.78, 5) is 20.4. The number of hydrogen-bond acceptors (Lipinski definition) is 4. The average molecular weight is 276 g/mol. The van der Waals surface area contributed by atoms with Gasteiger partial charge in [0, 0.05) is 6.54 Å². The van der Waals surface area contributed by atoms with Gasteiger partial charge in [0.05, 0.1) is 11.5 Å². The molecule has 0 saturated heterocycles. The summed E-state index contributed by atoms with van der Waals surface area (Å²) in [5, 5.41) is 25.2. The molecule has 2 aromatic rings. The van der Waals surface area contributed by atoms with Crippen LogP contribution in [-0.4, -0.2) is 25.9 Å². The maximum Gasteiger partial charge on any atom is 0.404 e. The van der Waals surface area contributed by atoms with Crippen LogP contribution in [0.3, 0.4) is 0 Å². The highest BCUT2D eigenvalue weighted by atomic mass is 16.6. The molecule has 0 aliphatic heterocycles. The van der Waals surface area contributed by atoms with E-state index in [0.29, 0.717) is 6.54 Å². The van der Waals surface area contributed by atoms with Gasteiger partial charge in [-0.3, -0.25) is 14.8 Å². The average Bonchev–Trinajstić information content (AvgIpc) is 2.86. The van der Waals surface area contributed by atoms with Crippen LogP contribution in [0.4, 0.5) is 10.5 Å². The smallest absolute Gasteiger partial charge is 0.404 e. The lowest BCUT2D eigenvalue weighted by molar-refractivity contribution is -0.385. The van der Waals surface area contributed by atoms with Gasteiger partial charge in [-0.1, -0.05) is 24.3 Å². The predicted molar refractivity (Wildman–Crippen MR) is 69.3 cm³/mol. The normalized spacial score (nSPS) is 10.2. The molecule has 8 nitrogen and oxygen atoms in total. The Morgan fingerprint density at radius 1 is 1.35 bits per heavy atom. The van der Waals surface area contributed by atoms with Gasteiger partial charge in [0.25, 0.3) is 0 Å². The first-order valence-corrected chi connectivity index (χ1v) is 5.76. The summed E-state index contributed by atoms with van der Waals surface area (Å²) in [6.45, 7) is 0.656. The Kier molecular flexibility index (Phi) is 3.94. The van der Waals surface area contributed by atoms with Gasteiger partial charge in [0.15, 0.2) is 0 Å². The topological polar surface area (TPSA) is 110 Å². The third kappa shape index (κ3) is 3.55. The molecule has 1 aromatic heterocycles. The third-order valence-corrected chi connectivity index (χ3v) is 2.64. The molecule has 0 aliphatic rings. The van der Waals surface area contributed by atoms with Crippen molar-refractivity contribution in [2.24, 2.45) is 0 Å². The molecule has 1 heterocycles. The first-order valence-electron chi connectivity index (χ1n) is 5.76. The highest BCUT2D eigenvalue weighted by Crippen LogP contribution is 2.11. The van der Waals surface area contributed by atoms with E-state index in [9.17, 15) is 14.9 Å². The van der Waals surface area contributed by atoms with E-state index < -0.39 is 11.0 Å². The van der Waals surface area contributed by atoms with Crippen molar-refractivity contribution in [1.82, 2.24) is 15.1 Å². The van der Waals surface area contributed by atoms with E-state index in [0.717, 1.165) is 11.1 Å². The second kappa shape index (κ2) is 5.83. The number of hydrogen-bond donors (Lipinski definition) is 2. The van der Waals surface area contributed by atoms with Crippen molar-refractivity contribution in [2.75, 3.05) is 0 Å². The van der Waals surface area contributed by atoms with Crippen LogP contribution in [0.5, 0.6) is 0 Å². The molecular formula is C12H12N4O4. The number of nitrogens with one attached hydrogen (secondary N) is 1. The fraction of sp³-hybridized carbons (Fsp3) is 0.167. The van der Waals surface area contributed by atoms with Crippen LogP contribution >= 0.6 is 0 Å². The number of amides is 1. The minimum atomic E-state index is -1.07. The fourth-order valence-electron chi connectivity index (χ4n) is 1.66. The zero-order valence-corrected chi connectivity index (χ0v) is 10.4. The van der Waals surface area contributed by atoms with Crippen molar-refractivity contribution >= 4 is 11.8 Å². The molecule has 0 bridgehead atoms. The van der Waals surface area contributed by atoms with Crippen LogP contribution in [0.15, 0.2) is 36.7 Å². The molecule has 2 N–H and O–H groups in total. The Balaban J connectivity index is 1.99. The summed E-state index contributed by atoms with van der Waals surface area (Å²) in [5.41, 5.74) is 1.71. The molecular weight excluding hydrogens is 264 g/mol. The van der Waals surface area contributed by atoms with E-state index in [-0.39, 0.29) is 12.2 Å². The SMILES string of the molecule is O=C(O)NCc1ccc(Cn2cc([N+](=O)[O-])cn2)cc1. The maximum atomic E-state index is 10.5. The quantitative estimate of drug-likeness (QED) is 0.636. The van der Waals surface area contributed by atoms with Crippen LogP contribution < -0.4 is 5.32 Å². The molecule has 0 aliphatic carbocycles. The number of aromatic nitrogens is 2. The van der Waals surface area contributed by atoms with Crippen molar-refractivity contribution in [1.29, 1.82) is 0 Å². The molecule has 0 unspecified atom stereocenters. The zero-order chi connectivity index (χ0) is 14.5. The van der Waals surface area contributed by atoms with Crippen LogP contribution in [0.1, 0.15) is 11.1 Å². The first-order chi connectivity index (χ1) is 9.54. The van der Waals surface area contributed by atoms with Crippen molar-refractivity contribution in [3.05, 3.63) is 57.9 Å². The van der Waals surface area contributed by atoms with Crippen LogP contribution in [-0.2, 0) is 13.1 Å². The number of carbonyl (C=O) groups is 1. The molecule has 0 fully saturated rings. The first kappa shape index (κ1) is 13.5. The molecule has 104 valence electrons. The van der Waals surface area contributed by atoms with Crippen LogP contribution in [0, 0.1) is 10.1 Å². The zero-order valence-electron chi connectivity index (χ0n) is 10.4. The van der Waals surface area contributed by atoms with Gasteiger partial charge < -0.3 is 10.4 Å². The number of carboxylic acid groups (broad SMARTS) is 1. The maximum absolute atomic E-state index is 10.5. The van der Waals surface area contributed by atoms with E-state index in [1.165, 1.54) is 17.1 Å². The van der Waals surface area contributed by atoms with Gasteiger partial charge in [0.1, 0.15) is 12.4 Å². The Labute approximate surface area is 113 Å². The van der Waals surface area contributed by atoms with Crippen molar-refractivity contribution in [3.8, 4) is 0 Å². The minimum absolute atomic E-state index is 0.0488. The fourth-order valence-corrected chi connectivity index (χ4v) is 1.66. The minimum Gasteiger partial charge on any atom is -0.465 e. The predicted octanol–water partition coefficient (Wildman–Crippen LogP) is 1.61. The largest absolute Gasteiger partial charge is 0.465 e. The monoisotopic (exact) mass is 276 g/mol.